The second-order valence-corrected chi connectivity index (χ2v) is 3.93. The van der Waals surface area contributed by atoms with Crippen molar-refractivity contribution < 1.29 is 9.84 Å². The zero-order chi connectivity index (χ0) is 11.4. The van der Waals surface area contributed by atoms with Crippen molar-refractivity contribution in [2.75, 3.05) is 7.11 Å². The maximum Gasteiger partial charge on any atom is 0.121 e. The Morgan fingerprint density at radius 2 is 2.13 bits per heavy atom. The van der Waals surface area contributed by atoms with Gasteiger partial charge < -0.3 is 15.6 Å². The highest BCUT2D eigenvalue weighted by molar-refractivity contribution is 5.36. The molecule has 0 saturated heterocycles. The molecular weight excluding hydrogens is 190 g/mol. The van der Waals surface area contributed by atoms with Crippen LogP contribution in [-0.2, 0) is 6.42 Å². The lowest BCUT2D eigenvalue weighted by Crippen LogP contribution is -2.33. The first-order valence-corrected chi connectivity index (χ1v) is 5.11. The zero-order valence-corrected chi connectivity index (χ0v) is 9.53. The van der Waals surface area contributed by atoms with Gasteiger partial charge in [-0.05, 0) is 37.5 Å². The molecule has 1 aromatic carbocycles. The van der Waals surface area contributed by atoms with E-state index in [2.05, 4.69) is 0 Å². The van der Waals surface area contributed by atoms with Gasteiger partial charge >= 0.3 is 0 Å². The van der Waals surface area contributed by atoms with Crippen molar-refractivity contribution in [1.82, 2.24) is 0 Å². The average molecular weight is 209 g/mol. The largest absolute Gasteiger partial charge is 0.496 e. The number of rotatable bonds is 4. The number of nitrogens with two attached hydrogens (primary N) is 1. The van der Waals surface area contributed by atoms with Crippen molar-refractivity contribution in [3.8, 4) is 5.75 Å². The van der Waals surface area contributed by atoms with Gasteiger partial charge in [-0.15, -0.1) is 0 Å². The number of benzene rings is 1. The molecule has 3 N–H and O–H groups in total. The van der Waals surface area contributed by atoms with Crippen molar-refractivity contribution >= 4 is 0 Å². The second-order valence-electron chi connectivity index (χ2n) is 3.93. The molecule has 3 heteroatoms. The van der Waals surface area contributed by atoms with Gasteiger partial charge in [0.1, 0.15) is 5.75 Å². The van der Waals surface area contributed by atoms with Crippen LogP contribution in [0.2, 0.25) is 0 Å². The van der Waals surface area contributed by atoms with E-state index in [9.17, 15) is 5.11 Å². The molecule has 3 nitrogen and oxygen atoms in total. The summed E-state index contributed by atoms with van der Waals surface area (Å²) in [5.41, 5.74) is 7.76. The first kappa shape index (κ1) is 12.0. The SMILES string of the molecule is COc1ccc(CC(O)C(C)N)cc1C. The molecule has 0 fully saturated rings. The minimum atomic E-state index is -0.488. The Labute approximate surface area is 90.9 Å². The molecule has 0 aliphatic rings. The molecule has 0 aliphatic carbocycles. The summed E-state index contributed by atoms with van der Waals surface area (Å²) in [6.45, 7) is 3.79. The third kappa shape index (κ3) is 3.22. The van der Waals surface area contributed by atoms with E-state index in [1.165, 1.54) is 0 Å². The van der Waals surface area contributed by atoms with Gasteiger partial charge in [-0.1, -0.05) is 12.1 Å². The van der Waals surface area contributed by atoms with Gasteiger partial charge in [-0.2, -0.15) is 0 Å². The van der Waals surface area contributed by atoms with Crippen LogP contribution >= 0.6 is 0 Å². The quantitative estimate of drug-likeness (QED) is 0.784. The third-order valence-electron chi connectivity index (χ3n) is 2.51. The molecular formula is C12H19NO2. The van der Waals surface area contributed by atoms with Crippen LogP contribution in [-0.4, -0.2) is 24.4 Å². The van der Waals surface area contributed by atoms with Crippen LogP contribution in [0.15, 0.2) is 18.2 Å². The Bertz CT molecular complexity index is 323. The standard InChI is InChI=1S/C12H19NO2/c1-8-6-10(4-5-12(8)15-3)7-11(14)9(2)13/h4-6,9,11,14H,7,13H2,1-3H3. The predicted molar refractivity (Wildman–Crippen MR) is 61.1 cm³/mol. The van der Waals surface area contributed by atoms with Crippen LogP contribution in [0.5, 0.6) is 5.75 Å². The van der Waals surface area contributed by atoms with E-state index < -0.39 is 6.10 Å². The van der Waals surface area contributed by atoms with Crippen molar-refractivity contribution in [2.45, 2.75) is 32.4 Å². The molecule has 84 valence electrons. The summed E-state index contributed by atoms with van der Waals surface area (Å²) >= 11 is 0. The van der Waals surface area contributed by atoms with E-state index >= 15 is 0 Å². The van der Waals surface area contributed by atoms with E-state index in [0.29, 0.717) is 6.42 Å². The number of methoxy groups -OCH3 is 1. The van der Waals surface area contributed by atoms with Crippen molar-refractivity contribution in [1.29, 1.82) is 0 Å². The lowest BCUT2D eigenvalue weighted by molar-refractivity contribution is 0.151. The van der Waals surface area contributed by atoms with Crippen molar-refractivity contribution in [2.24, 2.45) is 5.73 Å². The molecule has 0 saturated carbocycles. The normalized spacial score (nSPS) is 14.7. The Morgan fingerprint density at radius 3 is 2.60 bits per heavy atom. The monoisotopic (exact) mass is 209 g/mol. The topological polar surface area (TPSA) is 55.5 Å². The van der Waals surface area contributed by atoms with E-state index in [1.807, 2.05) is 25.1 Å². The number of hydrogen-bond acceptors (Lipinski definition) is 3. The molecule has 15 heavy (non-hydrogen) atoms. The molecule has 0 bridgehead atoms. The summed E-state index contributed by atoms with van der Waals surface area (Å²) in [4.78, 5) is 0. The van der Waals surface area contributed by atoms with Crippen LogP contribution in [0.1, 0.15) is 18.1 Å². The van der Waals surface area contributed by atoms with Crippen molar-refractivity contribution in [3.05, 3.63) is 29.3 Å². The van der Waals surface area contributed by atoms with Crippen molar-refractivity contribution in [3.63, 3.8) is 0 Å². The van der Waals surface area contributed by atoms with Gasteiger partial charge in [0.2, 0.25) is 0 Å². The van der Waals surface area contributed by atoms with Gasteiger partial charge in [0.15, 0.2) is 0 Å². The molecule has 1 aromatic rings. The van der Waals surface area contributed by atoms with E-state index in [0.717, 1.165) is 16.9 Å². The van der Waals surface area contributed by atoms with Crippen LogP contribution in [0, 0.1) is 6.92 Å². The van der Waals surface area contributed by atoms with Crippen LogP contribution < -0.4 is 10.5 Å². The summed E-state index contributed by atoms with van der Waals surface area (Å²) < 4.78 is 5.17. The maximum absolute atomic E-state index is 9.64. The van der Waals surface area contributed by atoms with Gasteiger partial charge in [0, 0.05) is 6.04 Å². The van der Waals surface area contributed by atoms with Gasteiger partial charge in [-0.25, -0.2) is 0 Å². The molecule has 0 aliphatic heterocycles. The molecule has 0 amide bonds. The molecule has 1 rings (SSSR count). The van der Waals surface area contributed by atoms with E-state index in [4.69, 9.17) is 10.5 Å². The number of ether oxygens (including phenoxy) is 1. The molecule has 0 aromatic heterocycles. The average Bonchev–Trinajstić information content (AvgIpc) is 2.18. The molecule has 0 radical (unpaired) electrons. The van der Waals surface area contributed by atoms with Gasteiger partial charge in [0.05, 0.1) is 13.2 Å². The fraction of sp³-hybridized carbons (Fsp3) is 0.500. The lowest BCUT2D eigenvalue weighted by Gasteiger charge is -2.15. The zero-order valence-electron chi connectivity index (χ0n) is 9.53. The Morgan fingerprint density at radius 1 is 1.47 bits per heavy atom. The Hall–Kier alpha value is -1.06. The highest BCUT2D eigenvalue weighted by Gasteiger charge is 2.10. The van der Waals surface area contributed by atoms with Gasteiger partial charge in [0.25, 0.3) is 0 Å². The predicted octanol–water partition coefficient (Wildman–Crippen LogP) is 1.25. The molecule has 0 spiro atoms. The summed E-state index contributed by atoms with van der Waals surface area (Å²) in [5, 5.41) is 9.64. The van der Waals surface area contributed by atoms with Crippen LogP contribution in [0.3, 0.4) is 0 Å². The summed E-state index contributed by atoms with van der Waals surface area (Å²) in [6, 6.07) is 5.69. The number of aryl methyl sites for hydroxylation is 1. The third-order valence-corrected chi connectivity index (χ3v) is 2.51. The minimum Gasteiger partial charge on any atom is -0.496 e. The highest BCUT2D eigenvalue weighted by atomic mass is 16.5. The lowest BCUT2D eigenvalue weighted by atomic mass is 10.0. The number of aliphatic hydroxyl groups is 1. The Kier molecular flexibility index (Phi) is 4.12. The first-order valence-electron chi connectivity index (χ1n) is 5.11. The maximum atomic E-state index is 9.64. The Balaban J connectivity index is 2.75. The smallest absolute Gasteiger partial charge is 0.121 e. The summed E-state index contributed by atoms with van der Waals surface area (Å²) in [7, 11) is 1.65. The van der Waals surface area contributed by atoms with E-state index in [-0.39, 0.29) is 6.04 Å². The minimum absolute atomic E-state index is 0.201. The summed E-state index contributed by atoms with van der Waals surface area (Å²) in [5.74, 6) is 0.869. The molecule has 2 unspecified atom stereocenters. The highest BCUT2D eigenvalue weighted by Crippen LogP contribution is 2.19. The van der Waals surface area contributed by atoms with E-state index in [1.54, 1.807) is 14.0 Å². The number of hydrogen-bond donors (Lipinski definition) is 2. The molecule has 0 heterocycles. The second kappa shape index (κ2) is 5.14. The van der Waals surface area contributed by atoms with Gasteiger partial charge in [-0.3, -0.25) is 0 Å². The number of aliphatic hydroxyl groups excluding tert-OH is 1. The van der Waals surface area contributed by atoms with Crippen LogP contribution in [0.25, 0.3) is 0 Å². The van der Waals surface area contributed by atoms with Crippen LogP contribution in [0.4, 0.5) is 0 Å². The molecule has 2 atom stereocenters. The fourth-order valence-electron chi connectivity index (χ4n) is 1.49. The fourth-order valence-corrected chi connectivity index (χ4v) is 1.49. The summed E-state index contributed by atoms with van der Waals surface area (Å²) in [6.07, 6.45) is 0.0977. The first-order chi connectivity index (χ1) is 7.04.